The summed E-state index contributed by atoms with van der Waals surface area (Å²) >= 11 is 12.7. The molecule has 16 nitrogen and oxygen atoms in total. The van der Waals surface area contributed by atoms with Crippen molar-refractivity contribution in [1.29, 1.82) is 0 Å². The van der Waals surface area contributed by atoms with E-state index in [2.05, 4.69) is 10.6 Å². The number of rotatable bonds is 16. The third-order valence-corrected chi connectivity index (χ3v) is 17.0. The van der Waals surface area contributed by atoms with Gasteiger partial charge >= 0.3 is 15.6 Å². The fraction of sp³-hybridized carbons (Fsp3) is 0.212. The van der Waals surface area contributed by atoms with Crippen LogP contribution in [0, 0.1) is 27.7 Å². The van der Waals surface area contributed by atoms with Crippen molar-refractivity contribution >= 4 is 85.2 Å². The third kappa shape index (κ3) is 16.1. The van der Waals surface area contributed by atoms with E-state index >= 15 is 0 Å². The molecule has 2 aliphatic heterocycles. The van der Waals surface area contributed by atoms with Crippen molar-refractivity contribution in [2.24, 2.45) is 0 Å². The molecule has 0 bridgehead atoms. The van der Waals surface area contributed by atoms with E-state index in [1.165, 1.54) is 0 Å². The summed E-state index contributed by atoms with van der Waals surface area (Å²) in [6.45, 7) is 8.14. The average molecular weight is 1240 g/mol. The molecule has 4 N–H and O–H groups in total. The molecule has 444 valence electrons. The van der Waals surface area contributed by atoms with Gasteiger partial charge in [-0.15, -0.1) is 0 Å². The molecule has 86 heavy (non-hydrogen) atoms. The molecule has 2 heterocycles. The van der Waals surface area contributed by atoms with Gasteiger partial charge in [0.05, 0.1) is 25.4 Å². The Balaban J connectivity index is 0.000000217. The molecule has 20 heteroatoms. The van der Waals surface area contributed by atoms with Crippen molar-refractivity contribution in [3.8, 4) is 0 Å². The summed E-state index contributed by atoms with van der Waals surface area (Å²) in [4.78, 5) is 75.4. The zero-order chi connectivity index (χ0) is 61.1. The third-order valence-electron chi connectivity index (χ3n) is 14.6. The Labute approximate surface area is 509 Å². The summed E-state index contributed by atoms with van der Waals surface area (Å²) in [7, 11) is -8.90. The minimum atomic E-state index is -4.76. The first-order chi connectivity index (χ1) is 41.2. The number of carbonyl (C=O) groups excluding carboxylic acids is 4. The van der Waals surface area contributed by atoms with Gasteiger partial charge in [-0.05, 0) is 172 Å². The number of anilines is 4. The van der Waals surface area contributed by atoms with E-state index in [1.807, 2.05) is 112 Å². The highest BCUT2D eigenvalue weighted by molar-refractivity contribution is 7.48. The Hall–Kier alpha value is -7.56. The SMILES string of the molecule is Cc1ccccc1C(=O)Nc1ccc(C(=O)N2CCCC(OP(=O)(O)O)c3cc(Cl)ccc32)c(C)c1.Cc1ccccc1C(=O)Nc1ccc(C(=O)N2CCCC(OP(=O)(OCc3ccccc3)OCc3ccccc3)c3cc(Cl)ccc32)c(C)c1. The predicted molar refractivity (Wildman–Crippen MR) is 335 cm³/mol. The summed E-state index contributed by atoms with van der Waals surface area (Å²) in [6, 6.07) is 53.9. The number of fused-ring (bicyclic) bond motifs is 2. The van der Waals surface area contributed by atoms with Gasteiger partial charge < -0.3 is 30.2 Å². The van der Waals surface area contributed by atoms with E-state index in [0.29, 0.717) is 116 Å². The van der Waals surface area contributed by atoms with Crippen LogP contribution >= 0.6 is 38.8 Å². The quantitative estimate of drug-likeness (QED) is 0.0666. The molecule has 0 aromatic heterocycles. The first-order valence-electron chi connectivity index (χ1n) is 27.8. The number of aryl methyl sites for hydroxylation is 4. The fourth-order valence-corrected chi connectivity index (χ4v) is 12.6. The molecule has 0 radical (unpaired) electrons. The van der Waals surface area contributed by atoms with Gasteiger partial charge in [-0.3, -0.25) is 37.3 Å². The van der Waals surface area contributed by atoms with Crippen LogP contribution in [0.1, 0.15) is 124 Å². The second kappa shape index (κ2) is 28.3. The van der Waals surface area contributed by atoms with Gasteiger partial charge in [-0.2, -0.15) is 0 Å². The van der Waals surface area contributed by atoms with Crippen LogP contribution in [-0.4, -0.2) is 46.5 Å². The second-order valence-corrected chi connectivity index (χ2v) is 24.5. The van der Waals surface area contributed by atoms with E-state index in [9.17, 15) is 38.1 Å². The maximum Gasteiger partial charge on any atom is 0.476 e. The molecule has 0 aliphatic carbocycles. The molecular weight excluding hydrogens is 1170 g/mol. The first kappa shape index (κ1) is 63.0. The number of nitrogens with zero attached hydrogens (tertiary/aromatic N) is 2. The number of amides is 4. The lowest BCUT2D eigenvalue weighted by Crippen LogP contribution is -2.32. The molecule has 2 atom stereocenters. The topological polar surface area (TPSA) is 210 Å². The van der Waals surface area contributed by atoms with Crippen LogP contribution in [0.2, 0.25) is 10.0 Å². The van der Waals surface area contributed by atoms with Crippen LogP contribution in [-0.2, 0) is 40.4 Å². The number of phosphoric acid groups is 2. The minimum absolute atomic E-state index is 0.0212. The molecule has 4 amide bonds. The molecule has 0 saturated carbocycles. The summed E-state index contributed by atoms with van der Waals surface area (Å²) in [5, 5.41) is 6.63. The van der Waals surface area contributed by atoms with Gasteiger partial charge in [0, 0.05) is 79.3 Å². The Morgan fingerprint density at radius 1 is 0.488 bits per heavy atom. The Morgan fingerprint density at radius 2 is 0.884 bits per heavy atom. The van der Waals surface area contributed by atoms with Gasteiger partial charge in [-0.25, -0.2) is 9.13 Å². The molecule has 0 fully saturated rings. The lowest BCUT2D eigenvalue weighted by molar-refractivity contribution is 0.0663. The van der Waals surface area contributed by atoms with Gasteiger partial charge in [0.2, 0.25) is 0 Å². The summed E-state index contributed by atoms with van der Waals surface area (Å²) in [6.07, 6.45) is 0.116. The van der Waals surface area contributed by atoms with Crippen molar-refractivity contribution < 1.29 is 56.2 Å². The number of nitrogens with one attached hydrogen (secondary N) is 2. The molecule has 0 saturated heterocycles. The highest BCUT2D eigenvalue weighted by Crippen LogP contribution is 2.57. The first-order valence-corrected chi connectivity index (χ1v) is 31.5. The van der Waals surface area contributed by atoms with E-state index < -0.39 is 27.9 Å². The molecule has 8 aromatic carbocycles. The summed E-state index contributed by atoms with van der Waals surface area (Å²) in [5.41, 5.74) is 10.1. The smallest absolute Gasteiger partial charge is 0.322 e. The van der Waals surface area contributed by atoms with Crippen molar-refractivity contribution in [1.82, 2.24) is 0 Å². The number of hydrogen-bond donors (Lipinski definition) is 4. The lowest BCUT2D eigenvalue weighted by atomic mass is 10.0. The predicted octanol–water partition coefficient (Wildman–Crippen LogP) is 16.0. The standard InChI is InChI=1S/C40H38ClN2O6P.C26H26ClN2O6P/c1-28-12-9-10-17-34(28)39(44)42-33-20-21-35(29(2)24-33)40(45)43-23-11-18-38(36-25-32(41)19-22-37(36)43)49-50(46,47-26-30-13-5-3-6-14-30)48-27-31-15-7-4-8-16-31;1-16-6-3-4-7-20(16)25(30)28-19-10-11-21(17(2)14-19)26(31)29-13-5-8-24(35-36(32,33)34)22-15-18(27)9-12-23(22)29/h3-10,12-17,19-22,24-25,38H,11,18,23,26-27H2,1-2H3,(H,42,44);3-4,6-7,9-12,14-15,24H,5,8,13H2,1-2H3,(H,28,30)(H2,32,33,34). The van der Waals surface area contributed by atoms with Crippen LogP contribution in [0.25, 0.3) is 0 Å². The van der Waals surface area contributed by atoms with Crippen LogP contribution in [0.15, 0.2) is 182 Å². The fourth-order valence-electron chi connectivity index (χ4n) is 10.3. The van der Waals surface area contributed by atoms with Crippen LogP contribution in [0.5, 0.6) is 0 Å². The number of carbonyl (C=O) groups is 4. The molecule has 8 aromatic rings. The molecular formula is C66H64Cl2N4O12P2. The largest absolute Gasteiger partial charge is 0.476 e. The highest BCUT2D eigenvalue weighted by atomic mass is 35.5. The number of hydrogen-bond acceptors (Lipinski definition) is 10. The zero-order valence-electron chi connectivity index (χ0n) is 47.7. The van der Waals surface area contributed by atoms with Crippen molar-refractivity contribution in [3.05, 3.63) is 259 Å². The van der Waals surface area contributed by atoms with Gasteiger partial charge in [-0.1, -0.05) is 120 Å². The molecule has 2 aliphatic rings. The minimum Gasteiger partial charge on any atom is -0.322 e. The summed E-state index contributed by atoms with van der Waals surface area (Å²) < 4.78 is 49.0. The highest BCUT2D eigenvalue weighted by Gasteiger charge is 2.37. The Morgan fingerprint density at radius 3 is 1.28 bits per heavy atom. The van der Waals surface area contributed by atoms with Gasteiger partial charge in [0.1, 0.15) is 0 Å². The van der Waals surface area contributed by atoms with E-state index in [1.54, 1.807) is 108 Å². The lowest BCUT2D eigenvalue weighted by Gasteiger charge is -2.27. The monoisotopic (exact) mass is 1240 g/mol. The maximum atomic E-state index is 14.3. The van der Waals surface area contributed by atoms with Crippen LogP contribution < -0.4 is 20.4 Å². The van der Waals surface area contributed by atoms with E-state index in [4.69, 9.17) is 41.3 Å². The van der Waals surface area contributed by atoms with Gasteiger partial charge in [0.25, 0.3) is 23.6 Å². The Bertz CT molecular complexity index is 3840. The zero-order valence-corrected chi connectivity index (χ0v) is 51.0. The van der Waals surface area contributed by atoms with Crippen LogP contribution in [0.3, 0.4) is 0 Å². The second-order valence-electron chi connectivity index (χ2n) is 20.8. The average Bonchev–Trinajstić information content (AvgIpc) is 1.77. The van der Waals surface area contributed by atoms with Crippen molar-refractivity contribution in [2.75, 3.05) is 33.5 Å². The van der Waals surface area contributed by atoms with Crippen molar-refractivity contribution in [3.63, 3.8) is 0 Å². The molecule has 0 spiro atoms. The summed E-state index contributed by atoms with van der Waals surface area (Å²) in [5.74, 6) is -0.943. The molecule has 2 unspecified atom stereocenters. The maximum absolute atomic E-state index is 14.3. The van der Waals surface area contributed by atoms with Crippen molar-refractivity contribution in [2.45, 2.75) is 78.8 Å². The van der Waals surface area contributed by atoms with E-state index in [-0.39, 0.29) is 36.8 Å². The van der Waals surface area contributed by atoms with E-state index in [0.717, 1.165) is 22.3 Å². The normalized spacial score (nSPS) is 15.0. The molecule has 10 rings (SSSR count). The van der Waals surface area contributed by atoms with Crippen LogP contribution in [0.4, 0.5) is 22.7 Å². The number of phosphoric ester groups is 2. The Kier molecular flexibility index (Phi) is 20.7. The van der Waals surface area contributed by atoms with Gasteiger partial charge in [0.15, 0.2) is 0 Å². The number of benzene rings is 8. The number of halogens is 2.